The first-order valence-electron chi connectivity index (χ1n) is 5.88. The predicted molar refractivity (Wildman–Crippen MR) is 79.8 cm³/mol. The van der Waals surface area contributed by atoms with Crippen LogP contribution in [-0.2, 0) is 11.3 Å². The Balaban J connectivity index is 1.87. The lowest BCUT2D eigenvalue weighted by Gasteiger charge is -2.15. The van der Waals surface area contributed by atoms with E-state index in [0.717, 1.165) is 9.33 Å². The number of hydrogen-bond acceptors (Lipinski definition) is 3. The standard InChI is InChI=1S/C14H14INO3/c1-10(19-13-7-3-2-6-12(13)15)14(17)16-9-11-5-4-8-18-11/h2-8,10H,9H2,1H3,(H,16,17). The highest BCUT2D eigenvalue weighted by molar-refractivity contribution is 14.1. The molecule has 0 radical (unpaired) electrons. The molecule has 100 valence electrons. The summed E-state index contributed by atoms with van der Waals surface area (Å²) in [6.45, 7) is 2.09. The van der Waals surface area contributed by atoms with Crippen LogP contribution < -0.4 is 10.1 Å². The molecule has 0 aliphatic carbocycles. The summed E-state index contributed by atoms with van der Waals surface area (Å²) < 4.78 is 11.7. The minimum absolute atomic E-state index is 0.170. The van der Waals surface area contributed by atoms with Crippen LogP contribution >= 0.6 is 22.6 Å². The second-order valence-corrected chi connectivity index (χ2v) is 5.15. The molecule has 0 spiro atoms. The topological polar surface area (TPSA) is 51.5 Å². The number of nitrogens with one attached hydrogen (secondary N) is 1. The Bertz CT molecular complexity index is 539. The molecule has 1 N–H and O–H groups in total. The van der Waals surface area contributed by atoms with Gasteiger partial charge >= 0.3 is 0 Å². The van der Waals surface area contributed by atoms with Crippen molar-refractivity contribution in [1.29, 1.82) is 0 Å². The highest BCUT2D eigenvalue weighted by Crippen LogP contribution is 2.20. The van der Waals surface area contributed by atoms with Gasteiger partial charge in [0.2, 0.25) is 0 Å². The number of hydrogen-bond donors (Lipinski definition) is 1. The van der Waals surface area contributed by atoms with Crippen LogP contribution in [0.1, 0.15) is 12.7 Å². The van der Waals surface area contributed by atoms with Crippen molar-refractivity contribution in [2.45, 2.75) is 19.6 Å². The van der Waals surface area contributed by atoms with Crippen LogP contribution in [0.5, 0.6) is 5.75 Å². The average Bonchev–Trinajstić information content (AvgIpc) is 2.91. The number of benzene rings is 1. The molecule has 1 atom stereocenters. The van der Waals surface area contributed by atoms with Crippen LogP contribution in [0.2, 0.25) is 0 Å². The van der Waals surface area contributed by atoms with Crippen LogP contribution in [-0.4, -0.2) is 12.0 Å². The van der Waals surface area contributed by atoms with Gasteiger partial charge in [-0.3, -0.25) is 4.79 Å². The van der Waals surface area contributed by atoms with Crippen molar-refractivity contribution in [3.05, 3.63) is 52.0 Å². The minimum atomic E-state index is -0.550. The van der Waals surface area contributed by atoms with Gasteiger partial charge < -0.3 is 14.5 Å². The van der Waals surface area contributed by atoms with Gasteiger partial charge in [-0.2, -0.15) is 0 Å². The molecule has 1 aromatic carbocycles. The van der Waals surface area contributed by atoms with E-state index in [1.165, 1.54) is 0 Å². The number of amides is 1. The van der Waals surface area contributed by atoms with Gasteiger partial charge in [-0.25, -0.2) is 0 Å². The lowest BCUT2D eigenvalue weighted by atomic mass is 10.3. The summed E-state index contributed by atoms with van der Waals surface area (Å²) >= 11 is 2.18. The molecular formula is C14H14INO3. The van der Waals surface area contributed by atoms with Crippen molar-refractivity contribution in [3.63, 3.8) is 0 Å². The summed E-state index contributed by atoms with van der Waals surface area (Å²) in [5, 5.41) is 2.76. The maximum absolute atomic E-state index is 11.9. The second kappa shape index (κ2) is 6.60. The van der Waals surface area contributed by atoms with Gasteiger partial charge in [-0.05, 0) is 53.8 Å². The second-order valence-electron chi connectivity index (χ2n) is 3.99. The number of para-hydroxylation sites is 1. The molecule has 0 saturated heterocycles. The van der Waals surface area contributed by atoms with Crippen molar-refractivity contribution in [2.24, 2.45) is 0 Å². The van der Waals surface area contributed by atoms with E-state index in [-0.39, 0.29) is 5.91 Å². The third kappa shape index (κ3) is 3.99. The summed E-state index contributed by atoms with van der Waals surface area (Å²) in [5.74, 6) is 1.26. The highest BCUT2D eigenvalue weighted by atomic mass is 127. The maximum Gasteiger partial charge on any atom is 0.261 e. The zero-order valence-corrected chi connectivity index (χ0v) is 12.6. The third-order valence-corrected chi connectivity index (χ3v) is 3.42. The molecule has 1 unspecified atom stereocenters. The Labute approximate surface area is 125 Å². The monoisotopic (exact) mass is 371 g/mol. The molecule has 0 saturated carbocycles. The first kappa shape index (κ1) is 13.9. The van der Waals surface area contributed by atoms with Gasteiger partial charge in [0.25, 0.3) is 5.91 Å². The molecule has 0 aliphatic heterocycles. The Morgan fingerprint density at radius 2 is 2.16 bits per heavy atom. The SMILES string of the molecule is CC(Oc1ccccc1I)C(=O)NCc1ccco1. The van der Waals surface area contributed by atoms with Crippen LogP contribution in [0.25, 0.3) is 0 Å². The molecule has 19 heavy (non-hydrogen) atoms. The Morgan fingerprint density at radius 3 is 2.84 bits per heavy atom. The fourth-order valence-corrected chi connectivity index (χ4v) is 2.03. The van der Waals surface area contributed by atoms with Gasteiger partial charge in [0, 0.05) is 0 Å². The van der Waals surface area contributed by atoms with Crippen molar-refractivity contribution in [1.82, 2.24) is 5.32 Å². The molecule has 2 aromatic rings. The van der Waals surface area contributed by atoms with Crippen molar-refractivity contribution in [2.75, 3.05) is 0 Å². The van der Waals surface area contributed by atoms with Gasteiger partial charge in [-0.1, -0.05) is 12.1 Å². The lowest BCUT2D eigenvalue weighted by molar-refractivity contribution is -0.127. The van der Waals surface area contributed by atoms with Gasteiger partial charge in [-0.15, -0.1) is 0 Å². The summed E-state index contributed by atoms with van der Waals surface area (Å²) in [6, 6.07) is 11.2. The van der Waals surface area contributed by atoms with Crippen LogP contribution in [0.3, 0.4) is 0 Å². The van der Waals surface area contributed by atoms with E-state index in [1.807, 2.05) is 30.3 Å². The van der Waals surface area contributed by atoms with Crippen molar-refractivity contribution in [3.8, 4) is 5.75 Å². The normalized spacial score (nSPS) is 11.9. The number of carbonyl (C=O) groups is 1. The zero-order valence-electron chi connectivity index (χ0n) is 10.4. The van der Waals surface area contributed by atoms with E-state index in [4.69, 9.17) is 9.15 Å². The summed E-state index contributed by atoms with van der Waals surface area (Å²) in [6.07, 6.45) is 1.03. The highest BCUT2D eigenvalue weighted by Gasteiger charge is 2.15. The molecule has 1 heterocycles. The Morgan fingerprint density at radius 1 is 1.37 bits per heavy atom. The molecule has 0 aliphatic rings. The fraction of sp³-hybridized carbons (Fsp3) is 0.214. The molecule has 1 amide bonds. The van der Waals surface area contributed by atoms with E-state index in [2.05, 4.69) is 27.9 Å². The largest absolute Gasteiger partial charge is 0.480 e. The van der Waals surface area contributed by atoms with Gasteiger partial charge in [0.15, 0.2) is 6.10 Å². The molecule has 5 heteroatoms. The van der Waals surface area contributed by atoms with Crippen LogP contribution in [0.15, 0.2) is 47.1 Å². The number of rotatable bonds is 5. The summed E-state index contributed by atoms with van der Waals surface area (Å²) in [5.41, 5.74) is 0. The van der Waals surface area contributed by atoms with Gasteiger partial charge in [0.05, 0.1) is 16.4 Å². The molecule has 1 aromatic heterocycles. The Hall–Kier alpha value is -1.50. The molecule has 4 nitrogen and oxygen atoms in total. The van der Waals surface area contributed by atoms with E-state index in [0.29, 0.717) is 12.3 Å². The van der Waals surface area contributed by atoms with Crippen molar-refractivity contribution >= 4 is 28.5 Å². The first-order valence-corrected chi connectivity index (χ1v) is 6.96. The quantitative estimate of drug-likeness (QED) is 0.823. The third-order valence-electron chi connectivity index (χ3n) is 2.53. The van der Waals surface area contributed by atoms with Crippen molar-refractivity contribution < 1.29 is 13.9 Å². The molecule has 2 rings (SSSR count). The number of ether oxygens (including phenoxy) is 1. The minimum Gasteiger partial charge on any atom is -0.480 e. The first-order chi connectivity index (χ1) is 9.16. The van der Waals surface area contributed by atoms with E-state index in [1.54, 1.807) is 19.3 Å². The lowest BCUT2D eigenvalue weighted by Crippen LogP contribution is -2.35. The summed E-state index contributed by atoms with van der Waals surface area (Å²) in [7, 11) is 0. The number of furan rings is 1. The Kier molecular flexibility index (Phi) is 4.84. The average molecular weight is 371 g/mol. The fourth-order valence-electron chi connectivity index (χ4n) is 1.52. The summed E-state index contributed by atoms with van der Waals surface area (Å²) in [4.78, 5) is 11.9. The van der Waals surface area contributed by atoms with E-state index in [9.17, 15) is 4.79 Å². The number of halogens is 1. The molecule has 0 fully saturated rings. The predicted octanol–water partition coefficient (Wildman–Crippen LogP) is 2.97. The van der Waals surface area contributed by atoms with E-state index < -0.39 is 6.10 Å². The zero-order chi connectivity index (χ0) is 13.7. The van der Waals surface area contributed by atoms with Gasteiger partial charge in [0.1, 0.15) is 11.5 Å². The smallest absolute Gasteiger partial charge is 0.261 e. The number of carbonyl (C=O) groups excluding carboxylic acids is 1. The maximum atomic E-state index is 11.9. The van der Waals surface area contributed by atoms with Crippen LogP contribution in [0, 0.1) is 3.57 Å². The molecular weight excluding hydrogens is 357 g/mol. The van der Waals surface area contributed by atoms with E-state index >= 15 is 0 Å². The molecule has 0 bridgehead atoms. The van der Waals surface area contributed by atoms with Crippen LogP contribution in [0.4, 0.5) is 0 Å².